The lowest BCUT2D eigenvalue weighted by molar-refractivity contribution is -0.137. The van der Waals surface area contributed by atoms with Crippen LogP contribution in [0.25, 0.3) is 22.2 Å². The highest BCUT2D eigenvalue weighted by Crippen LogP contribution is 2.38. The van der Waals surface area contributed by atoms with Crippen molar-refractivity contribution in [2.45, 2.75) is 13.1 Å². The summed E-state index contributed by atoms with van der Waals surface area (Å²) in [4.78, 5) is 4.46. The average molecular weight is 368 g/mol. The number of para-hydroxylation sites is 1. The number of pyridine rings is 1. The number of hydrogen-bond acceptors (Lipinski definition) is 3. The summed E-state index contributed by atoms with van der Waals surface area (Å²) in [5, 5.41) is 10.9. The predicted molar refractivity (Wildman–Crippen MR) is 98.8 cm³/mol. The van der Waals surface area contributed by atoms with E-state index in [9.17, 15) is 13.2 Å². The highest BCUT2D eigenvalue weighted by atomic mass is 19.4. The zero-order valence-corrected chi connectivity index (χ0v) is 14.3. The molecule has 27 heavy (non-hydrogen) atoms. The largest absolute Gasteiger partial charge is 0.417 e. The van der Waals surface area contributed by atoms with Crippen molar-refractivity contribution < 1.29 is 13.2 Å². The normalized spacial score (nSPS) is 11.7. The molecule has 0 radical (unpaired) electrons. The Hall–Kier alpha value is -3.35. The zero-order chi connectivity index (χ0) is 19.0. The Bertz CT molecular complexity index is 1120. The fourth-order valence-electron chi connectivity index (χ4n) is 2.99. The van der Waals surface area contributed by atoms with Gasteiger partial charge in [0.2, 0.25) is 0 Å². The molecule has 4 rings (SSSR count). The quantitative estimate of drug-likeness (QED) is 0.488. The van der Waals surface area contributed by atoms with Crippen LogP contribution in [0, 0.1) is 6.92 Å². The second-order valence-electron chi connectivity index (χ2n) is 6.18. The molecule has 2 heterocycles. The molecule has 4 aromatic rings. The van der Waals surface area contributed by atoms with Gasteiger partial charge in [-0.25, -0.2) is 4.98 Å². The summed E-state index contributed by atoms with van der Waals surface area (Å²) in [5.41, 5.74) is 1.68. The van der Waals surface area contributed by atoms with E-state index in [0.717, 1.165) is 17.1 Å². The Kier molecular flexibility index (Phi) is 4.07. The van der Waals surface area contributed by atoms with E-state index in [1.54, 1.807) is 24.3 Å². The number of aromatic nitrogens is 3. The van der Waals surface area contributed by atoms with E-state index in [0.29, 0.717) is 17.0 Å². The fourth-order valence-corrected chi connectivity index (χ4v) is 2.99. The number of rotatable bonds is 3. The Balaban J connectivity index is 1.91. The van der Waals surface area contributed by atoms with Gasteiger partial charge in [-0.15, -0.1) is 0 Å². The number of benzene rings is 2. The van der Waals surface area contributed by atoms with E-state index >= 15 is 0 Å². The van der Waals surface area contributed by atoms with Gasteiger partial charge in [0.05, 0.1) is 22.5 Å². The van der Waals surface area contributed by atoms with Gasteiger partial charge in [-0.05, 0) is 25.1 Å². The molecule has 0 atom stereocenters. The van der Waals surface area contributed by atoms with E-state index in [1.165, 1.54) is 12.1 Å². The van der Waals surface area contributed by atoms with Crippen molar-refractivity contribution in [1.82, 2.24) is 15.2 Å². The van der Waals surface area contributed by atoms with Gasteiger partial charge in [-0.2, -0.15) is 18.3 Å². The molecule has 0 aliphatic rings. The summed E-state index contributed by atoms with van der Waals surface area (Å²) in [7, 11) is 0. The van der Waals surface area contributed by atoms with Gasteiger partial charge in [0.1, 0.15) is 0 Å². The lowest BCUT2D eigenvalue weighted by atomic mass is 10.0. The third-order valence-corrected chi connectivity index (χ3v) is 4.19. The number of hydrogen-bond donors (Lipinski definition) is 2. The van der Waals surface area contributed by atoms with Gasteiger partial charge in [0.15, 0.2) is 5.82 Å². The summed E-state index contributed by atoms with van der Waals surface area (Å²) in [6.07, 6.45) is -4.46. The average Bonchev–Trinajstić information content (AvgIpc) is 3.06. The second kappa shape index (κ2) is 6.42. The lowest BCUT2D eigenvalue weighted by Gasteiger charge is -2.15. The first-order chi connectivity index (χ1) is 12.9. The van der Waals surface area contributed by atoms with E-state index in [2.05, 4.69) is 20.5 Å². The summed E-state index contributed by atoms with van der Waals surface area (Å²) >= 11 is 0. The summed E-state index contributed by atoms with van der Waals surface area (Å²) in [6, 6.07) is 16.2. The molecule has 0 aliphatic heterocycles. The van der Waals surface area contributed by atoms with E-state index in [-0.39, 0.29) is 11.3 Å². The van der Waals surface area contributed by atoms with Gasteiger partial charge in [-0.3, -0.25) is 5.10 Å². The minimum absolute atomic E-state index is 0.0389. The summed E-state index contributed by atoms with van der Waals surface area (Å²) in [6.45, 7) is 1.87. The van der Waals surface area contributed by atoms with Crippen molar-refractivity contribution in [3.8, 4) is 11.3 Å². The van der Waals surface area contributed by atoms with Crippen LogP contribution in [0.5, 0.6) is 0 Å². The molecule has 0 spiro atoms. The molecular formula is C20H15F3N4. The summed E-state index contributed by atoms with van der Waals surface area (Å²) < 4.78 is 40.3. The van der Waals surface area contributed by atoms with Crippen LogP contribution in [0.4, 0.5) is 24.7 Å². The monoisotopic (exact) mass is 368 g/mol. The maximum atomic E-state index is 13.4. The van der Waals surface area contributed by atoms with Gasteiger partial charge >= 0.3 is 6.18 Å². The highest BCUT2D eigenvalue weighted by Gasteiger charge is 2.33. The maximum Gasteiger partial charge on any atom is 0.417 e. The second-order valence-corrected chi connectivity index (χ2v) is 6.18. The van der Waals surface area contributed by atoms with Crippen LogP contribution >= 0.6 is 0 Å². The molecule has 2 N–H and O–H groups in total. The maximum absolute atomic E-state index is 13.4. The van der Waals surface area contributed by atoms with E-state index < -0.39 is 11.7 Å². The first-order valence-corrected chi connectivity index (χ1v) is 8.27. The lowest BCUT2D eigenvalue weighted by Crippen LogP contribution is -2.07. The van der Waals surface area contributed by atoms with Crippen molar-refractivity contribution in [3.63, 3.8) is 0 Å². The molecule has 136 valence electrons. The van der Waals surface area contributed by atoms with Gasteiger partial charge in [0, 0.05) is 22.7 Å². The number of nitrogens with one attached hydrogen (secondary N) is 2. The van der Waals surface area contributed by atoms with Crippen LogP contribution < -0.4 is 5.32 Å². The molecule has 0 saturated carbocycles. The molecular weight excluding hydrogens is 353 g/mol. The van der Waals surface area contributed by atoms with Crippen molar-refractivity contribution >= 4 is 22.4 Å². The number of aryl methyl sites for hydroxylation is 1. The Morgan fingerprint density at radius 2 is 1.70 bits per heavy atom. The number of halogens is 3. The van der Waals surface area contributed by atoms with E-state index in [4.69, 9.17) is 0 Å². The SMILES string of the molecule is Cc1cc(Nc2cc(-c3ccccc3C(F)(F)F)nc3ccccc23)n[nH]1. The highest BCUT2D eigenvalue weighted by molar-refractivity contribution is 5.95. The number of nitrogens with zero attached hydrogens (tertiary/aromatic N) is 2. The smallest absolute Gasteiger partial charge is 0.338 e. The topological polar surface area (TPSA) is 53.6 Å². The molecule has 0 bridgehead atoms. The predicted octanol–water partition coefficient (Wildman–Crippen LogP) is 5.70. The van der Waals surface area contributed by atoms with E-state index in [1.807, 2.05) is 25.1 Å². The zero-order valence-electron chi connectivity index (χ0n) is 14.3. The minimum atomic E-state index is -4.46. The van der Waals surface area contributed by atoms with Crippen molar-refractivity contribution in [1.29, 1.82) is 0 Å². The number of fused-ring (bicyclic) bond motifs is 1. The third-order valence-electron chi connectivity index (χ3n) is 4.19. The first kappa shape index (κ1) is 17.1. The van der Waals surface area contributed by atoms with Gasteiger partial charge in [0.25, 0.3) is 0 Å². The van der Waals surface area contributed by atoms with Gasteiger partial charge < -0.3 is 5.32 Å². The van der Waals surface area contributed by atoms with Crippen molar-refractivity contribution in [2.75, 3.05) is 5.32 Å². The van der Waals surface area contributed by atoms with Gasteiger partial charge in [-0.1, -0.05) is 36.4 Å². The molecule has 0 unspecified atom stereocenters. The third kappa shape index (κ3) is 3.36. The molecule has 0 amide bonds. The summed E-state index contributed by atoms with van der Waals surface area (Å²) in [5.74, 6) is 0.582. The van der Waals surface area contributed by atoms with Crippen LogP contribution in [0.3, 0.4) is 0 Å². The number of H-pyrrole nitrogens is 1. The first-order valence-electron chi connectivity index (χ1n) is 8.27. The Morgan fingerprint density at radius 1 is 0.963 bits per heavy atom. The van der Waals surface area contributed by atoms with Crippen LogP contribution in [-0.4, -0.2) is 15.2 Å². The van der Waals surface area contributed by atoms with Crippen LogP contribution in [0.15, 0.2) is 60.7 Å². The molecule has 2 aromatic heterocycles. The van der Waals surface area contributed by atoms with Crippen molar-refractivity contribution in [3.05, 3.63) is 71.9 Å². The minimum Gasteiger partial charge on any atom is -0.338 e. The molecule has 0 aliphatic carbocycles. The van der Waals surface area contributed by atoms with Crippen LogP contribution in [0.1, 0.15) is 11.3 Å². The standard InChI is InChI=1S/C20H15F3N4/c1-12-10-19(27-26-12)25-18-11-17(24-16-9-5-3-7-14(16)18)13-6-2-4-8-15(13)20(21,22)23/h2-11H,1H3,(H2,24,25,26,27). The van der Waals surface area contributed by atoms with Crippen molar-refractivity contribution in [2.24, 2.45) is 0 Å². The van der Waals surface area contributed by atoms with Crippen LogP contribution in [0.2, 0.25) is 0 Å². The van der Waals surface area contributed by atoms with Crippen LogP contribution in [-0.2, 0) is 6.18 Å². The molecule has 0 saturated heterocycles. The molecule has 4 nitrogen and oxygen atoms in total. The fraction of sp³-hybridized carbons (Fsp3) is 0.100. The number of aromatic amines is 1. The Morgan fingerprint density at radius 3 is 2.44 bits per heavy atom. The molecule has 2 aromatic carbocycles. The molecule has 0 fully saturated rings. The number of anilines is 2. The Labute approximate surface area is 153 Å². The number of alkyl halides is 3. The molecule has 7 heteroatoms.